The molecule has 4 rings (SSSR count). The van der Waals surface area contributed by atoms with Gasteiger partial charge in [0.15, 0.2) is 5.13 Å². The Morgan fingerprint density at radius 3 is 2.61 bits per heavy atom. The third-order valence-corrected chi connectivity index (χ3v) is 7.27. The maximum Gasteiger partial charge on any atom is 0.307 e. The summed E-state index contributed by atoms with van der Waals surface area (Å²) in [5.74, 6) is 0.159. The standard InChI is InChI=1S/C26H29FN2O3S/c1-17-3-4-19(16-25(30)31)15-24(17)32-14-11-23-18(2)33-26(28-23)29-12-9-21(10-13-29)20-5-7-22(27)8-6-20/h3-8,15,21H,9-14,16H2,1-2H3,(H,30,31). The van der Waals surface area contributed by atoms with Crippen LogP contribution in [0.5, 0.6) is 5.75 Å². The summed E-state index contributed by atoms with van der Waals surface area (Å²) in [5.41, 5.74) is 3.99. The maximum atomic E-state index is 13.2. The van der Waals surface area contributed by atoms with Crippen molar-refractivity contribution in [1.82, 2.24) is 4.98 Å². The number of anilines is 1. The lowest BCUT2D eigenvalue weighted by atomic mass is 9.90. The van der Waals surface area contributed by atoms with Gasteiger partial charge < -0.3 is 14.7 Å². The second-order valence-electron chi connectivity index (χ2n) is 8.58. The summed E-state index contributed by atoms with van der Waals surface area (Å²) in [5, 5.41) is 10.1. The Morgan fingerprint density at radius 2 is 1.91 bits per heavy atom. The van der Waals surface area contributed by atoms with Crippen molar-refractivity contribution in [3.8, 4) is 5.75 Å². The van der Waals surface area contributed by atoms with Crippen molar-refractivity contribution in [1.29, 1.82) is 0 Å². The number of aromatic nitrogens is 1. The predicted molar refractivity (Wildman–Crippen MR) is 129 cm³/mol. The Balaban J connectivity index is 1.32. The predicted octanol–water partition coefficient (Wildman–Crippen LogP) is 5.53. The van der Waals surface area contributed by atoms with Gasteiger partial charge in [0.2, 0.25) is 0 Å². The van der Waals surface area contributed by atoms with Gasteiger partial charge in [-0.05, 0) is 67.5 Å². The summed E-state index contributed by atoms with van der Waals surface area (Å²) in [4.78, 5) is 19.4. The Morgan fingerprint density at radius 1 is 1.18 bits per heavy atom. The van der Waals surface area contributed by atoms with Crippen LogP contribution in [0.3, 0.4) is 0 Å². The highest BCUT2D eigenvalue weighted by Gasteiger charge is 2.23. The molecule has 0 amide bonds. The lowest BCUT2D eigenvalue weighted by molar-refractivity contribution is -0.136. The molecule has 0 bridgehead atoms. The Hall–Kier alpha value is -2.93. The molecular weight excluding hydrogens is 439 g/mol. The van der Waals surface area contributed by atoms with Gasteiger partial charge in [-0.25, -0.2) is 9.37 Å². The number of hydrogen-bond acceptors (Lipinski definition) is 5. The molecule has 0 radical (unpaired) electrons. The molecule has 0 saturated carbocycles. The third-order valence-electron chi connectivity index (χ3n) is 6.19. The zero-order valence-corrected chi connectivity index (χ0v) is 19.8. The number of aliphatic carboxylic acids is 1. The van der Waals surface area contributed by atoms with Gasteiger partial charge in [-0.15, -0.1) is 11.3 Å². The van der Waals surface area contributed by atoms with E-state index < -0.39 is 5.97 Å². The molecule has 2 heterocycles. The van der Waals surface area contributed by atoms with E-state index in [-0.39, 0.29) is 12.2 Å². The highest BCUT2D eigenvalue weighted by molar-refractivity contribution is 7.15. The number of carboxylic acids is 1. The van der Waals surface area contributed by atoms with E-state index in [1.54, 1.807) is 23.5 Å². The Bertz CT molecular complexity index is 1110. The molecule has 174 valence electrons. The fourth-order valence-electron chi connectivity index (χ4n) is 4.26. The number of thiazole rings is 1. The minimum Gasteiger partial charge on any atom is -0.493 e. The van der Waals surface area contributed by atoms with Crippen LogP contribution in [0.1, 0.15) is 46.0 Å². The van der Waals surface area contributed by atoms with Crippen molar-refractivity contribution in [2.45, 2.75) is 45.4 Å². The van der Waals surface area contributed by atoms with E-state index in [4.69, 9.17) is 14.8 Å². The number of carbonyl (C=O) groups is 1. The summed E-state index contributed by atoms with van der Waals surface area (Å²) in [6, 6.07) is 12.4. The van der Waals surface area contributed by atoms with Gasteiger partial charge in [-0.1, -0.05) is 24.3 Å². The largest absolute Gasteiger partial charge is 0.493 e. The quantitative estimate of drug-likeness (QED) is 0.471. The minimum absolute atomic E-state index is 0.0109. The second kappa shape index (κ2) is 10.3. The van der Waals surface area contributed by atoms with Crippen LogP contribution in [-0.4, -0.2) is 35.8 Å². The van der Waals surface area contributed by atoms with E-state index in [9.17, 15) is 9.18 Å². The number of rotatable bonds is 8. The van der Waals surface area contributed by atoms with Crippen molar-refractivity contribution < 1.29 is 19.0 Å². The summed E-state index contributed by atoms with van der Waals surface area (Å²) in [6.45, 7) is 6.44. The first-order chi connectivity index (χ1) is 15.9. The van der Waals surface area contributed by atoms with Crippen LogP contribution in [-0.2, 0) is 17.6 Å². The number of nitrogens with zero attached hydrogens (tertiary/aromatic N) is 2. The second-order valence-corrected chi connectivity index (χ2v) is 9.76. The van der Waals surface area contributed by atoms with Crippen LogP contribution in [0, 0.1) is 19.7 Å². The molecule has 1 aromatic heterocycles. The highest BCUT2D eigenvalue weighted by atomic mass is 32.1. The normalized spacial score (nSPS) is 14.5. The average molecular weight is 469 g/mol. The molecule has 5 nitrogen and oxygen atoms in total. The minimum atomic E-state index is -0.850. The van der Waals surface area contributed by atoms with Gasteiger partial charge in [-0.3, -0.25) is 4.79 Å². The Labute approximate surface area is 197 Å². The molecule has 1 aliphatic heterocycles. The molecule has 0 atom stereocenters. The molecule has 3 aromatic rings. The summed E-state index contributed by atoms with van der Waals surface area (Å²) in [6.07, 6.45) is 2.77. The molecule has 1 saturated heterocycles. The fraction of sp³-hybridized carbons (Fsp3) is 0.385. The van der Waals surface area contributed by atoms with Crippen molar-refractivity contribution in [3.05, 3.63) is 75.5 Å². The van der Waals surface area contributed by atoms with Gasteiger partial charge in [0.05, 0.1) is 18.7 Å². The molecule has 7 heteroatoms. The molecule has 1 fully saturated rings. The molecule has 33 heavy (non-hydrogen) atoms. The van der Waals surface area contributed by atoms with E-state index in [0.29, 0.717) is 18.9 Å². The van der Waals surface area contributed by atoms with Gasteiger partial charge in [0.25, 0.3) is 0 Å². The lowest BCUT2D eigenvalue weighted by Crippen LogP contribution is -2.32. The Kier molecular flexibility index (Phi) is 7.28. The number of halogens is 1. The van der Waals surface area contributed by atoms with Gasteiger partial charge >= 0.3 is 5.97 Å². The topological polar surface area (TPSA) is 62.7 Å². The molecule has 1 N–H and O–H groups in total. The first-order valence-electron chi connectivity index (χ1n) is 11.3. The first kappa shape index (κ1) is 23.2. The summed E-state index contributed by atoms with van der Waals surface area (Å²) >= 11 is 1.72. The smallest absolute Gasteiger partial charge is 0.307 e. The molecule has 1 aliphatic rings. The molecule has 0 spiro atoms. The number of carboxylic acid groups (broad SMARTS) is 1. The third kappa shape index (κ3) is 5.90. The van der Waals surface area contributed by atoms with Crippen molar-refractivity contribution in [2.75, 3.05) is 24.6 Å². The van der Waals surface area contributed by atoms with Crippen molar-refractivity contribution in [3.63, 3.8) is 0 Å². The SMILES string of the molecule is Cc1ccc(CC(=O)O)cc1OCCc1nc(N2CCC(c3ccc(F)cc3)CC2)sc1C. The van der Waals surface area contributed by atoms with Gasteiger partial charge in [0.1, 0.15) is 11.6 Å². The van der Waals surface area contributed by atoms with Crippen molar-refractivity contribution >= 4 is 22.4 Å². The van der Waals surface area contributed by atoms with E-state index in [1.165, 1.54) is 10.4 Å². The number of aryl methyl sites for hydroxylation is 2. The number of hydrogen-bond donors (Lipinski definition) is 1. The highest BCUT2D eigenvalue weighted by Crippen LogP contribution is 2.33. The number of benzene rings is 2. The van der Waals surface area contributed by atoms with Gasteiger partial charge in [-0.2, -0.15) is 0 Å². The lowest BCUT2D eigenvalue weighted by Gasteiger charge is -2.32. The van der Waals surface area contributed by atoms with Crippen LogP contribution in [0.2, 0.25) is 0 Å². The van der Waals surface area contributed by atoms with Crippen LogP contribution in [0.4, 0.5) is 9.52 Å². The first-order valence-corrected chi connectivity index (χ1v) is 12.1. The van der Waals surface area contributed by atoms with E-state index in [1.807, 2.05) is 37.3 Å². The molecule has 2 aromatic carbocycles. The van der Waals surface area contributed by atoms with E-state index in [2.05, 4.69) is 11.8 Å². The average Bonchev–Trinajstić information content (AvgIpc) is 3.17. The maximum absolute atomic E-state index is 13.2. The van der Waals surface area contributed by atoms with E-state index in [0.717, 1.165) is 53.6 Å². The van der Waals surface area contributed by atoms with Crippen LogP contribution in [0.25, 0.3) is 0 Å². The molecular formula is C26H29FN2O3S. The molecule has 0 aliphatic carbocycles. The zero-order chi connectivity index (χ0) is 23.4. The molecule has 0 unspecified atom stereocenters. The van der Waals surface area contributed by atoms with Crippen LogP contribution < -0.4 is 9.64 Å². The van der Waals surface area contributed by atoms with Crippen molar-refractivity contribution in [2.24, 2.45) is 0 Å². The van der Waals surface area contributed by atoms with E-state index >= 15 is 0 Å². The number of ether oxygens (including phenoxy) is 1. The summed E-state index contributed by atoms with van der Waals surface area (Å²) < 4.78 is 19.2. The van der Waals surface area contributed by atoms with Gasteiger partial charge in [0, 0.05) is 24.4 Å². The zero-order valence-electron chi connectivity index (χ0n) is 19.0. The van der Waals surface area contributed by atoms with Crippen LogP contribution >= 0.6 is 11.3 Å². The number of piperidine rings is 1. The van der Waals surface area contributed by atoms with Crippen LogP contribution in [0.15, 0.2) is 42.5 Å². The monoisotopic (exact) mass is 468 g/mol. The summed E-state index contributed by atoms with van der Waals surface area (Å²) in [7, 11) is 0. The fourth-order valence-corrected chi connectivity index (χ4v) is 5.27.